The first kappa shape index (κ1) is 19.5. The zero-order valence-corrected chi connectivity index (χ0v) is 16.2. The number of piperidine rings is 1. The predicted molar refractivity (Wildman–Crippen MR) is 105 cm³/mol. The number of benzene rings is 2. The number of halogens is 1. The van der Waals surface area contributed by atoms with Gasteiger partial charge >= 0.3 is 0 Å². The van der Waals surface area contributed by atoms with Crippen molar-refractivity contribution in [3.05, 3.63) is 65.9 Å². The molecule has 0 amide bonds. The summed E-state index contributed by atoms with van der Waals surface area (Å²) in [6, 6.07) is 9.98. The van der Waals surface area contributed by atoms with Crippen molar-refractivity contribution in [2.45, 2.75) is 12.8 Å². The molecule has 4 rings (SSSR count). The minimum atomic E-state index is -0.367. The lowest BCUT2D eigenvalue weighted by atomic mass is 9.90. The number of phenolic OH excluding ortho intramolecular Hbond substituents is 1. The number of phenols is 1. The van der Waals surface area contributed by atoms with E-state index in [4.69, 9.17) is 9.47 Å². The highest BCUT2D eigenvalue weighted by molar-refractivity contribution is 8.12. The highest BCUT2D eigenvalue weighted by Gasteiger charge is 2.29. The van der Waals surface area contributed by atoms with Crippen molar-refractivity contribution in [2.24, 2.45) is 5.92 Å². The second-order valence-electron chi connectivity index (χ2n) is 6.79. The average molecular weight is 415 g/mol. The van der Waals surface area contributed by atoms with Crippen LogP contribution in [0.4, 0.5) is 4.39 Å². The molecular weight excluding hydrogens is 397 g/mol. The van der Waals surface area contributed by atoms with Crippen LogP contribution in [0.1, 0.15) is 23.2 Å². The molecule has 1 N–H and O–H groups in total. The quantitative estimate of drug-likeness (QED) is 0.599. The van der Waals surface area contributed by atoms with Gasteiger partial charge in [-0.2, -0.15) is 0 Å². The minimum absolute atomic E-state index is 0.00700. The molecule has 6 nitrogen and oxygen atoms in total. The molecule has 2 heterocycles. The van der Waals surface area contributed by atoms with Crippen LogP contribution in [0, 0.1) is 11.7 Å². The zero-order chi connectivity index (χ0) is 20.4. The summed E-state index contributed by atoms with van der Waals surface area (Å²) in [5, 5.41) is 9.15. The lowest BCUT2D eigenvalue weighted by Gasteiger charge is -2.29. The zero-order valence-electron chi connectivity index (χ0n) is 15.3. The second kappa shape index (κ2) is 8.26. The van der Waals surface area contributed by atoms with Gasteiger partial charge in [0.25, 0.3) is 5.12 Å². The third-order valence-electron chi connectivity index (χ3n) is 4.81. The molecule has 0 unspecified atom stereocenters. The number of carbonyl (C=O) groups is 2. The second-order valence-corrected chi connectivity index (χ2v) is 7.86. The fraction of sp³-hybridized carbons (Fsp3) is 0.238. The largest absolute Gasteiger partial charge is 0.508 e. The van der Waals surface area contributed by atoms with Crippen molar-refractivity contribution in [1.29, 1.82) is 0 Å². The summed E-state index contributed by atoms with van der Waals surface area (Å²) in [6.45, 7) is 1.15. The first-order valence-electron chi connectivity index (χ1n) is 9.14. The Hall–Kier alpha value is -2.84. The molecule has 0 aromatic heterocycles. The van der Waals surface area contributed by atoms with Crippen LogP contribution in [0.25, 0.3) is 0 Å². The number of Topliss-reactive ketones (excluding diaryl/α,β-unsaturated/α-hetero) is 1. The van der Waals surface area contributed by atoms with E-state index in [1.165, 1.54) is 48.7 Å². The molecule has 0 saturated carbocycles. The summed E-state index contributed by atoms with van der Waals surface area (Å²) in [7, 11) is 0. The van der Waals surface area contributed by atoms with Crippen LogP contribution in [0.5, 0.6) is 17.2 Å². The molecule has 0 radical (unpaired) electrons. The minimum Gasteiger partial charge on any atom is -0.508 e. The molecule has 1 fully saturated rings. The fourth-order valence-corrected chi connectivity index (χ4v) is 4.05. The summed E-state index contributed by atoms with van der Waals surface area (Å²) in [5.41, 5.74) is 0.510. The topological polar surface area (TPSA) is 76.1 Å². The van der Waals surface area contributed by atoms with Crippen LogP contribution in [-0.2, 0) is 4.79 Å². The third-order valence-corrected chi connectivity index (χ3v) is 5.80. The number of fused-ring (bicyclic) bond motifs is 1. The number of hydrogen-bond donors (Lipinski definition) is 1. The molecule has 0 atom stereocenters. The maximum absolute atomic E-state index is 13.0. The molecule has 2 aliphatic heterocycles. The molecule has 0 bridgehead atoms. The maximum Gasteiger partial charge on any atom is 0.272 e. The van der Waals surface area contributed by atoms with Gasteiger partial charge in [0.1, 0.15) is 17.8 Å². The van der Waals surface area contributed by atoms with Crippen molar-refractivity contribution in [3.8, 4) is 17.2 Å². The van der Waals surface area contributed by atoms with E-state index < -0.39 is 0 Å². The molecule has 2 aromatic rings. The number of ketones is 1. The number of hydrogen-bond acceptors (Lipinski definition) is 7. The van der Waals surface area contributed by atoms with Crippen LogP contribution in [-0.4, -0.2) is 33.4 Å². The summed E-state index contributed by atoms with van der Waals surface area (Å²) < 4.78 is 25.8. The Morgan fingerprint density at radius 2 is 1.79 bits per heavy atom. The first-order chi connectivity index (χ1) is 14.0. The summed E-state index contributed by atoms with van der Waals surface area (Å²) >= 11 is 1.03. The van der Waals surface area contributed by atoms with Crippen LogP contribution in [0.15, 0.2) is 54.5 Å². The normalized spacial score (nSPS) is 16.9. The van der Waals surface area contributed by atoms with Crippen LogP contribution in [0.2, 0.25) is 0 Å². The number of carbonyl (C=O) groups excluding carboxylic acids is 2. The van der Waals surface area contributed by atoms with E-state index in [0.717, 1.165) is 11.9 Å². The Kier molecular flexibility index (Phi) is 5.55. The monoisotopic (exact) mass is 415 g/mol. The fourth-order valence-electron chi connectivity index (χ4n) is 3.24. The molecular formula is C21H18FNO5S. The van der Waals surface area contributed by atoms with Crippen molar-refractivity contribution in [2.75, 3.05) is 13.1 Å². The molecule has 0 aliphatic carbocycles. The average Bonchev–Trinajstić information content (AvgIpc) is 2.74. The molecule has 2 aromatic carbocycles. The van der Waals surface area contributed by atoms with E-state index in [-0.39, 0.29) is 34.1 Å². The molecule has 150 valence electrons. The Morgan fingerprint density at radius 3 is 2.52 bits per heavy atom. The highest BCUT2D eigenvalue weighted by atomic mass is 32.2. The Morgan fingerprint density at radius 1 is 1.07 bits per heavy atom. The van der Waals surface area contributed by atoms with Gasteiger partial charge in [-0.15, -0.1) is 0 Å². The summed E-state index contributed by atoms with van der Waals surface area (Å²) in [6.07, 6.45) is 2.46. The van der Waals surface area contributed by atoms with E-state index in [2.05, 4.69) is 0 Å². The molecule has 29 heavy (non-hydrogen) atoms. The summed E-state index contributed by atoms with van der Waals surface area (Å²) in [5.74, 6) is 0.312. The smallest absolute Gasteiger partial charge is 0.272 e. The van der Waals surface area contributed by atoms with Crippen molar-refractivity contribution < 1.29 is 28.6 Å². The highest BCUT2D eigenvalue weighted by Crippen LogP contribution is 2.37. The van der Waals surface area contributed by atoms with Gasteiger partial charge in [0.05, 0.1) is 0 Å². The summed E-state index contributed by atoms with van der Waals surface area (Å²) in [4.78, 5) is 25.1. The van der Waals surface area contributed by atoms with E-state index >= 15 is 0 Å². The lowest BCUT2D eigenvalue weighted by Crippen LogP contribution is -2.33. The van der Waals surface area contributed by atoms with Crippen LogP contribution >= 0.6 is 11.9 Å². The third kappa shape index (κ3) is 4.44. The van der Waals surface area contributed by atoms with Gasteiger partial charge in [-0.25, -0.2) is 8.70 Å². The van der Waals surface area contributed by atoms with Crippen LogP contribution in [0.3, 0.4) is 0 Å². The predicted octanol–water partition coefficient (Wildman–Crippen LogP) is 3.91. The van der Waals surface area contributed by atoms with E-state index in [1.807, 2.05) is 4.31 Å². The van der Waals surface area contributed by atoms with Crippen molar-refractivity contribution in [1.82, 2.24) is 4.31 Å². The van der Waals surface area contributed by atoms with E-state index in [9.17, 15) is 19.1 Å². The molecule has 1 saturated heterocycles. The molecule has 2 aliphatic rings. The van der Waals surface area contributed by atoms with E-state index in [0.29, 0.717) is 43.0 Å². The Labute approximate surface area is 171 Å². The number of rotatable bonds is 4. The van der Waals surface area contributed by atoms with Gasteiger partial charge in [-0.3, -0.25) is 9.59 Å². The maximum atomic E-state index is 13.0. The molecule has 8 heteroatoms. The molecule has 0 spiro atoms. The Balaban J connectivity index is 1.30. The first-order valence-corrected chi connectivity index (χ1v) is 9.91. The van der Waals surface area contributed by atoms with Gasteiger partial charge in [0, 0.05) is 42.6 Å². The van der Waals surface area contributed by atoms with Gasteiger partial charge in [-0.05, 0) is 49.2 Å². The number of aromatic hydroxyl groups is 1. The van der Waals surface area contributed by atoms with Gasteiger partial charge in [-0.1, -0.05) is 0 Å². The van der Waals surface area contributed by atoms with Crippen molar-refractivity contribution in [3.63, 3.8) is 0 Å². The SMILES string of the molecule is O=C(SN1CCC(C(=O)c2ccc(F)cc2)CC1)C1=COc2cc(O)ccc2O1. The van der Waals surface area contributed by atoms with Crippen LogP contribution < -0.4 is 9.47 Å². The van der Waals surface area contributed by atoms with Gasteiger partial charge in [0.2, 0.25) is 5.76 Å². The lowest BCUT2D eigenvalue weighted by molar-refractivity contribution is -0.110. The van der Waals surface area contributed by atoms with Gasteiger partial charge in [0.15, 0.2) is 17.3 Å². The standard InChI is InChI=1S/C21H18FNO5S/c22-15-3-1-13(2-4-15)20(25)14-7-9-23(10-8-14)29-21(26)19-12-27-18-11-16(24)5-6-17(18)28-19/h1-6,11-12,14,24H,7-10H2. The van der Waals surface area contributed by atoms with Gasteiger partial charge < -0.3 is 14.6 Å². The number of ether oxygens (including phenoxy) is 2. The van der Waals surface area contributed by atoms with Crippen molar-refractivity contribution >= 4 is 22.8 Å². The number of nitrogens with zero attached hydrogens (tertiary/aromatic N) is 1. The van der Waals surface area contributed by atoms with E-state index in [1.54, 1.807) is 0 Å². The Bertz CT molecular complexity index is 968.